The summed E-state index contributed by atoms with van der Waals surface area (Å²) in [5.41, 5.74) is 1.16. The van der Waals surface area contributed by atoms with Gasteiger partial charge < -0.3 is 5.32 Å². The molecule has 0 unspecified atom stereocenters. The average Bonchev–Trinajstić information content (AvgIpc) is 3.15. The Morgan fingerprint density at radius 2 is 2.06 bits per heavy atom. The van der Waals surface area contributed by atoms with Crippen molar-refractivity contribution in [2.24, 2.45) is 0 Å². The van der Waals surface area contributed by atoms with Gasteiger partial charge in [0.15, 0.2) is 0 Å². The fourth-order valence-electron chi connectivity index (χ4n) is 1.76. The van der Waals surface area contributed by atoms with Gasteiger partial charge >= 0.3 is 0 Å². The lowest BCUT2D eigenvalue weighted by atomic mass is 10.2. The van der Waals surface area contributed by atoms with Crippen LogP contribution in [0.2, 0.25) is 5.02 Å². The second kappa shape index (κ2) is 5.72. The van der Waals surface area contributed by atoms with E-state index in [1.54, 1.807) is 0 Å². The predicted octanol–water partition coefficient (Wildman–Crippen LogP) is 2.44. The molecular formula is C14H19ClN2O. The van der Waals surface area contributed by atoms with Gasteiger partial charge in [-0.2, -0.15) is 0 Å². The Hall–Kier alpha value is -1.06. The zero-order chi connectivity index (χ0) is 13.1. The molecule has 4 heteroatoms. The van der Waals surface area contributed by atoms with Crippen LogP contribution < -0.4 is 5.32 Å². The van der Waals surface area contributed by atoms with E-state index in [2.05, 4.69) is 5.32 Å². The molecule has 0 spiro atoms. The Labute approximate surface area is 113 Å². The van der Waals surface area contributed by atoms with Crippen molar-refractivity contribution in [1.29, 1.82) is 0 Å². The maximum atomic E-state index is 11.9. The number of amides is 1. The molecule has 98 valence electrons. The Morgan fingerprint density at radius 3 is 2.61 bits per heavy atom. The Morgan fingerprint density at radius 1 is 1.44 bits per heavy atom. The van der Waals surface area contributed by atoms with Crippen molar-refractivity contribution < 1.29 is 4.79 Å². The largest absolute Gasteiger partial charge is 0.352 e. The van der Waals surface area contributed by atoms with E-state index >= 15 is 0 Å². The minimum Gasteiger partial charge on any atom is -0.352 e. The van der Waals surface area contributed by atoms with Gasteiger partial charge in [-0.25, -0.2) is 0 Å². The highest BCUT2D eigenvalue weighted by Gasteiger charge is 2.27. The van der Waals surface area contributed by atoms with Crippen molar-refractivity contribution in [1.82, 2.24) is 10.2 Å². The van der Waals surface area contributed by atoms with Crippen molar-refractivity contribution in [3.8, 4) is 0 Å². The van der Waals surface area contributed by atoms with Gasteiger partial charge in [0, 0.05) is 17.6 Å². The number of benzene rings is 1. The molecule has 0 aliphatic heterocycles. The van der Waals surface area contributed by atoms with Gasteiger partial charge in [-0.3, -0.25) is 9.69 Å². The standard InChI is InChI=1S/C14H19ClN2O/c1-10(14(18)16-13-7-8-13)17(2)9-11-3-5-12(15)6-4-11/h3-6,10,13H,7-9H2,1-2H3,(H,16,18)/t10-/m1/s1. The molecule has 0 heterocycles. The predicted molar refractivity (Wildman–Crippen MR) is 73.5 cm³/mol. The quantitative estimate of drug-likeness (QED) is 0.888. The molecule has 1 fully saturated rings. The fourth-order valence-corrected chi connectivity index (χ4v) is 1.89. The number of rotatable bonds is 5. The summed E-state index contributed by atoms with van der Waals surface area (Å²) < 4.78 is 0. The smallest absolute Gasteiger partial charge is 0.237 e. The van der Waals surface area contributed by atoms with E-state index < -0.39 is 0 Å². The van der Waals surface area contributed by atoms with Crippen LogP contribution in [0.1, 0.15) is 25.3 Å². The Kier molecular flexibility index (Phi) is 4.25. The van der Waals surface area contributed by atoms with Crippen LogP contribution >= 0.6 is 11.6 Å². The van der Waals surface area contributed by atoms with E-state index in [-0.39, 0.29) is 11.9 Å². The van der Waals surface area contributed by atoms with E-state index in [4.69, 9.17) is 11.6 Å². The molecule has 1 amide bonds. The zero-order valence-electron chi connectivity index (χ0n) is 10.8. The van der Waals surface area contributed by atoms with Crippen LogP contribution in [0, 0.1) is 0 Å². The van der Waals surface area contributed by atoms with Gasteiger partial charge in [0.05, 0.1) is 6.04 Å². The fraction of sp³-hybridized carbons (Fsp3) is 0.500. The van der Waals surface area contributed by atoms with Crippen molar-refractivity contribution in [2.45, 2.75) is 38.4 Å². The van der Waals surface area contributed by atoms with Gasteiger partial charge in [0.1, 0.15) is 0 Å². The molecule has 1 aliphatic carbocycles. The minimum absolute atomic E-state index is 0.110. The molecule has 3 nitrogen and oxygen atoms in total. The second-order valence-electron chi connectivity index (χ2n) is 5.00. The summed E-state index contributed by atoms with van der Waals surface area (Å²) in [7, 11) is 1.96. The molecule has 0 aromatic heterocycles. The highest BCUT2D eigenvalue weighted by atomic mass is 35.5. The van der Waals surface area contributed by atoms with E-state index in [1.807, 2.05) is 43.1 Å². The van der Waals surface area contributed by atoms with Crippen LogP contribution in [0.25, 0.3) is 0 Å². The number of carbonyl (C=O) groups is 1. The normalized spacial score (nSPS) is 16.7. The van der Waals surface area contributed by atoms with Crippen LogP contribution in [0.5, 0.6) is 0 Å². The molecule has 0 radical (unpaired) electrons. The summed E-state index contributed by atoms with van der Waals surface area (Å²) in [5, 5.41) is 3.76. The minimum atomic E-state index is -0.110. The van der Waals surface area contributed by atoms with Crippen LogP contribution in [0.3, 0.4) is 0 Å². The Balaban J connectivity index is 1.87. The highest BCUT2D eigenvalue weighted by Crippen LogP contribution is 2.19. The van der Waals surface area contributed by atoms with Crippen molar-refractivity contribution in [3.63, 3.8) is 0 Å². The van der Waals surface area contributed by atoms with Crippen LogP contribution in [0.15, 0.2) is 24.3 Å². The monoisotopic (exact) mass is 266 g/mol. The third-order valence-electron chi connectivity index (χ3n) is 3.31. The maximum Gasteiger partial charge on any atom is 0.237 e. The number of hydrogen-bond acceptors (Lipinski definition) is 2. The first-order chi connectivity index (χ1) is 8.56. The van der Waals surface area contributed by atoms with Crippen LogP contribution in [-0.2, 0) is 11.3 Å². The summed E-state index contributed by atoms with van der Waals surface area (Å²) in [5.74, 6) is 0.119. The number of nitrogens with zero attached hydrogens (tertiary/aromatic N) is 1. The first-order valence-electron chi connectivity index (χ1n) is 6.31. The number of hydrogen-bond donors (Lipinski definition) is 1. The summed E-state index contributed by atoms with van der Waals surface area (Å²) in [6.45, 7) is 2.68. The molecule has 1 N–H and O–H groups in total. The molecular weight excluding hydrogens is 248 g/mol. The number of halogens is 1. The molecule has 1 atom stereocenters. The molecule has 1 aliphatic rings. The van der Waals surface area contributed by atoms with Gasteiger partial charge in [0.2, 0.25) is 5.91 Å². The topological polar surface area (TPSA) is 32.3 Å². The van der Waals surface area contributed by atoms with Gasteiger partial charge in [0.25, 0.3) is 0 Å². The van der Waals surface area contributed by atoms with Crippen LogP contribution in [-0.4, -0.2) is 29.9 Å². The molecule has 18 heavy (non-hydrogen) atoms. The second-order valence-corrected chi connectivity index (χ2v) is 5.44. The molecule has 1 aromatic rings. The number of likely N-dealkylation sites (N-methyl/N-ethyl adjacent to an activating group) is 1. The van der Waals surface area contributed by atoms with Crippen molar-refractivity contribution in [2.75, 3.05) is 7.05 Å². The van der Waals surface area contributed by atoms with Gasteiger partial charge in [-0.1, -0.05) is 23.7 Å². The third-order valence-corrected chi connectivity index (χ3v) is 3.56. The molecule has 2 rings (SSSR count). The van der Waals surface area contributed by atoms with Crippen molar-refractivity contribution in [3.05, 3.63) is 34.9 Å². The lowest BCUT2D eigenvalue weighted by molar-refractivity contribution is -0.125. The summed E-state index contributed by atoms with van der Waals surface area (Å²) in [6.07, 6.45) is 2.25. The summed E-state index contributed by atoms with van der Waals surface area (Å²) in [6, 6.07) is 8.04. The van der Waals surface area contributed by atoms with E-state index in [1.165, 1.54) is 0 Å². The SMILES string of the molecule is C[C@H](C(=O)NC1CC1)N(C)Cc1ccc(Cl)cc1. The van der Waals surface area contributed by atoms with E-state index in [0.717, 1.165) is 30.0 Å². The first kappa shape index (κ1) is 13.4. The number of nitrogens with one attached hydrogen (secondary N) is 1. The molecule has 0 saturated heterocycles. The van der Waals surface area contributed by atoms with Crippen molar-refractivity contribution >= 4 is 17.5 Å². The van der Waals surface area contributed by atoms with Gasteiger partial charge in [-0.15, -0.1) is 0 Å². The lowest BCUT2D eigenvalue weighted by Crippen LogP contribution is -2.43. The average molecular weight is 267 g/mol. The highest BCUT2D eigenvalue weighted by molar-refractivity contribution is 6.30. The Bertz CT molecular complexity index is 414. The molecule has 0 bridgehead atoms. The zero-order valence-corrected chi connectivity index (χ0v) is 11.6. The summed E-state index contributed by atoms with van der Waals surface area (Å²) in [4.78, 5) is 13.9. The molecule has 1 saturated carbocycles. The molecule has 1 aromatic carbocycles. The van der Waals surface area contributed by atoms with Crippen LogP contribution in [0.4, 0.5) is 0 Å². The first-order valence-corrected chi connectivity index (χ1v) is 6.69. The van der Waals surface area contributed by atoms with E-state index in [9.17, 15) is 4.79 Å². The maximum absolute atomic E-state index is 11.9. The third kappa shape index (κ3) is 3.72. The van der Waals surface area contributed by atoms with E-state index in [0.29, 0.717) is 6.04 Å². The lowest BCUT2D eigenvalue weighted by Gasteiger charge is -2.24. The van der Waals surface area contributed by atoms with Gasteiger partial charge in [-0.05, 0) is 44.5 Å². The number of carbonyl (C=O) groups excluding carboxylic acids is 1. The summed E-state index contributed by atoms with van der Waals surface area (Å²) >= 11 is 5.85.